The van der Waals surface area contributed by atoms with Gasteiger partial charge in [-0.2, -0.15) is 0 Å². The lowest BCUT2D eigenvalue weighted by Crippen LogP contribution is -2.18. The van der Waals surface area contributed by atoms with Gasteiger partial charge in [-0.15, -0.1) is 0 Å². The van der Waals surface area contributed by atoms with Crippen molar-refractivity contribution < 1.29 is 9.08 Å². The van der Waals surface area contributed by atoms with E-state index in [0.717, 1.165) is 5.56 Å². The summed E-state index contributed by atoms with van der Waals surface area (Å²) in [5.74, 6) is -0.661. The number of carbonyl (C=O) groups is 1. The van der Waals surface area contributed by atoms with Gasteiger partial charge in [-0.3, -0.25) is 0 Å². The second-order valence-electron chi connectivity index (χ2n) is 3.67. The number of benzene rings is 1. The molecule has 0 bridgehead atoms. The van der Waals surface area contributed by atoms with Crippen LogP contribution in [0.1, 0.15) is 25.3 Å². The van der Waals surface area contributed by atoms with E-state index in [-0.39, 0.29) is 11.8 Å². The van der Waals surface area contributed by atoms with Crippen molar-refractivity contribution in [3.05, 3.63) is 34.9 Å². The maximum absolute atomic E-state index is 11.5. The van der Waals surface area contributed by atoms with E-state index < -0.39 is 5.97 Å². The molecule has 0 aliphatic carbocycles. The molecule has 0 saturated carbocycles. The molecule has 4 heteroatoms. The van der Waals surface area contributed by atoms with Gasteiger partial charge in [-0.05, 0) is 23.6 Å². The predicted molar refractivity (Wildman–Crippen MR) is 61.0 cm³/mol. The zero-order chi connectivity index (χ0) is 11.4. The standard InChI is InChI=1S/C11H12Cl2O2/c1-7(2)10(11(14)15-13)8-3-5-9(12)6-4-8/h3-7,10H,1-2H3/t10-/m0/s1. The fourth-order valence-corrected chi connectivity index (χ4v) is 1.73. The number of carbonyl (C=O) groups excluding carboxylic acids is 1. The van der Waals surface area contributed by atoms with Crippen LogP contribution in [0, 0.1) is 5.92 Å². The average molecular weight is 247 g/mol. The zero-order valence-corrected chi connectivity index (χ0v) is 10.0. The van der Waals surface area contributed by atoms with Gasteiger partial charge in [0.2, 0.25) is 0 Å². The molecule has 0 spiro atoms. The Balaban J connectivity index is 2.99. The molecule has 0 aromatic heterocycles. The number of hydrogen-bond acceptors (Lipinski definition) is 2. The topological polar surface area (TPSA) is 26.3 Å². The van der Waals surface area contributed by atoms with E-state index >= 15 is 0 Å². The van der Waals surface area contributed by atoms with E-state index in [0.29, 0.717) is 5.02 Å². The van der Waals surface area contributed by atoms with Gasteiger partial charge in [0, 0.05) is 5.02 Å². The summed E-state index contributed by atoms with van der Waals surface area (Å²) in [6.07, 6.45) is 0. The molecule has 0 heterocycles. The maximum Gasteiger partial charge on any atom is 0.332 e. The number of hydrogen-bond donors (Lipinski definition) is 0. The monoisotopic (exact) mass is 246 g/mol. The molecule has 2 nitrogen and oxygen atoms in total. The Labute approximate surface area is 99.3 Å². The molecule has 0 saturated heterocycles. The van der Waals surface area contributed by atoms with Gasteiger partial charge < -0.3 is 4.29 Å². The molecule has 1 atom stereocenters. The van der Waals surface area contributed by atoms with Crippen LogP contribution in [-0.4, -0.2) is 5.97 Å². The molecule has 0 unspecified atom stereocenters. The van der Waals surface area contributed by atoms with Gasteiger partial charge in [0.1, 0.15) is 11.9 Å². The van der Waals surface area contributed by atoms with Crippen LogP contribution in [0.4, 0.5) is 0 Å². The molecule has 82 valence electrons. The van der Waals surface area contributed by atoms with Gasteiger partial charge >= 0.3 is 5.97 Å². The molecule has 0 amide bonds. The predicted octanol–water partition coefficient (Wildman–Crippen LogP) is 3.78. The lowest BCUT2D eigenvalue weighted by atomic mass is 9.89. The highest BCUT2D eigenvalue weighted by molar-refractivity contribution is 6.30. The van der Waals surface area contributed by atoms with E-state index in [1.165, 1.54) is 0 Å². The first kappa shape index (κ1) is 12.3. The SMILES string of the molecule is CC(C)[C@H](C(=O)OCl)c1ccc(Cl)cc1. The van der Waals surface area contributed by atoms with Crippen LogP contribution in [0.3, 0.4) is 0 Å². The Morgan fingerprint density at radius 1 is 1.27 bits per heavy atom. The minimum Gasteiger partial charge on any atom is -0.347 e. The quantitative estimate of drug-likeness (QED) is 0.812. The molecule has 1 rings (SSSR count). The van der Waals surface area contributed by atoms with Crippen LogP contribution in [0.2, 0.25) is 5.02 Å². The highest BCUT2D eigenvalue weighted by Crippen LogP contribution is 2.27. The summed E-state index contributed by atoms with van der Waals surface area (Å²) in [4.78, 5) is 11.5. The van der Waals surface area contributed by atoms with Crippen molar-refractivity contribution in [1.29, 1.82) is 0 Å². The van der Waals surface area contributed by atoms with Crippen molar-refractivity contribution in [3.8, 4) is 0 Å². The lowest BCUT2D eigenvalue weighted by molar-refractivity contribution is -0.136. The van der Waals surface area contributed by atoms with Crippen molar-refractivity contribution in [2.24, 2.45) is 5.92 Å². The third kappa shape index (κ3) is 3.11. The lowest BCUT2D eigenvalue weighted by Gasteiger charge is -2.17. The van der Waals surface area contributed by atoms with Crippen LogP contribution in [0.25, 0.3) is 0 Å². The summed E-state index contributed by atoms with van der Waals surface area (Å²) in [6, 6.07) is 7.10. The van der Waals surface area contributed by atoms with Crippen molar-refractivity contribution in [3.63, 3.8) is 0 Å². The molecular formula is C11H12Cl2O2. The summed E-state index contributed by atoms with van der Waals surface area (Å²) < 4.78 is 4.26. The third-order valence-corrected chi connectivity index (χ3v) is 2.63. The second-order valence-corrected chi connectivity index (χ2v) is 4.26. The van der Waals surface area contributed by atoms with Crippen LogP contribution >= 0.6 is 23.5 Å². The highest BCUT2D eigenvalue weighted by Gasteiger charge is 2.25. The smallest absolute Gasteiger partial charge is 0.332 e. The average Bonchev–Trinajstić information content (AvgIpc) is 2.20. The Morgan fingerprint density at radius 3 is 2.20 bits per heavy atom. The highest BCUT2D eigenvalue weighted by atomic mass is 35.5. The molecule has 0 N–H and O–H groups in total. The van der Waals surface area contributed by atoms with E-state index in [1.807, 2.05) is 13.8 Å². The molecule has 15 heavy (non-hydrogen) atoms. The van der Waals surface area contributed by atoms with Gasteiger partial charge in [0.25, 0.3) is 0 Å². The molecule has 1 aromatic carbocycles. The van der Waals surface area contributed by atoms with E-state index in [2.05, 4.69) is 4.29 Å². The zero-order valence-electron chi connectivity index (χ0n) is 8.54. The fraction of sp³-hybridized carbons (Fsp3) is 0.364. The Morgan fingerprint density at radius 2 is 1.80 bits per heavy atom. The molecule has 0 aliphatic heterocycles. The Hall–Kier alpha value is -0.730. The summed E-state index contributed by atoms with van der Waals surface area (Å²) in [5, 5.41) is 0.639. The minimum absolute atomic E-state index is 0.123. The molecule has 0 fully saturated rings. The van der Waals surface area contributed by atoms with E-state index in [1.54, 1.807) is 24.3 Å². The molecular weight excluding hydrogens is 235 g/mol. The third-order valence-electron chi connectivity index (χ3n) is 2.23. The van der Waals surface area contributed by atoms with Crippen LogP contribution in [-0.2, 0) is 9.08 Å². The van der Waals surface area contributed by atoms with Gasteiger partial charge in [-0.1, -0.05) is 37.6 Å². The second kappa shape index (κ2) is 5.38. The van der Waals surface area contributed by atoms with E-state index in [4.69, 9.17) is 23.5 Å². The van der Waals surface area contributed by atoms with Gasteiger partial charge in [-0.25, -0.2) is 4.79 Å². The van der Waals surface area contributed by atoms with Crippen molar-refractivity contribution in [2.75, 3.05) is 0 Å². The minimum atomic E-state index is -0.436. The Bertz CT molecular complexity index is 333. The number of rotatable bonds is 3. The normalized spacial score (nSPS) is 12.6. The largest absolute Gasteiger partial charge is 0.347 e. The van der Waals surface area contributed by atoms with Crippen LogP contribution in [0.5, 0.6) is 0 Å². The van der Waals surface area contributed by atoms with Gasteiger partial charge in [0.15, 0.2) is 0 Å². The molecule has 0 radical (unpaired) electrons. The van der Waals surface area contributed by atoms with Crippen molar-refractivity contribution >= 4 is 29.4 Å². The number of halogens is 2. The van der Waals surface area contributed by atoms with Crippen LogP contribution in [0.15, 0.2) is 24.3 Å². The van der Waals surface area contributed by atoms with Crippen molar-refractivity contribution in [1.82, 2.24) is 0 Å². The summed E-state index contributed by atoms with van der Waals surface area (Å²) in [6.45, 7) is 3.88. The first-order valence-electron chi connectivity index (χ1n) is 4.64. The van der Waals surface area contributed by atoms with E-state index in [9.17, 15) is 4.79 Å². The first-order valence-corrected chi connectivity index (χ1v) is 5.32. The Kier molecular flexibility index (Phi) is 4.43. The van der Waals surface area contributed by atoms with Crippen molar-refractivity contribution in [2.45, 2.75) is 19.8 Å². The molecule has 1 aromatic rings. The van der Waals surface area contributed by atoms with Gasteiger partial charge in [0.05, 0.1) is 5.92 Å². The fourth-order valence-electron chi connectivity index (χ4n) is 1.51. The summed E-state index contributed by atoms with van der Waals surface area (Å²) in [7, 11) is 0. The van der Waals surface area contributed by atoms with Crippen LogP contribution < -0.4 is 0 Å². The molecule has 0 aliphatic rings. The first-order chi connectivity index (χ1) is 7.06. The maximum atomic E-state index is 11.5. The summed E-state index contributed by atoms with van der Waals surface area (Å²) >= 11 is 10.9. The summed E-state index contributed by atoms with van der Waals surface area (Å²) in [5.41, 5.74) is 0.861.